The highest BCUT2D eigenvalue weighted by atomic mass is 16.6. The molecule has 2 N–H and O–H groups in total. The van der Waals surface area contributed by atoms with E-state index in [0.29, 0.717) is 6.54 Å². The third-order valence-corrected chi connectivity index (χ3v) is 2.08. The second-order valence-electron chi connectivity index (χ2n) is 3.21. The van der Waals surface area contributed by atoms with E-state index in [1.807, 2.05) is 0 Å². The Hall–Kier alpha value is -0.810. The highest BCUT2D eigenvalue weighted by Gasteiger charge is 2.15. The van der Waals surface area contributed by atoms with E-state index < -0.39 is 6.09 Å². The fourth-order valence-corrected chi connectivity index (χ4v) is 1.40. The number of ether oxygens (including phenoxy) is 2. The van der Waals surface area contributed by atoms with Gasteiger partial charge in [0.1, 0.15) is 6.61 Å². The number of carbonyl (C=O) groups is 1. The minimum absolute atomic E-state index is 0.0474. The van der Waals surface area contributed by atoms with Crippen LogP contribution in [-0.2, 0) is 9.47 Å². The summed E-state index contributed by atoms with van der Waals surface area (Å²) in [5, 5.41) is 11.0. The Bertz CT molecular complexity index is 168. The lowest BCUT2D eigenvalue weighted by Gasteiger charge is -2.09. The van der Waals surface area contributed by atoms with Crippen molar-refractivity contribution in [2.75, 3.05) is 26.4 Å². The molecule has 0 aromatic heterocycles. The number of hydrogen-bond donors (Lipinski definition) is 2. The molecule has 0 radical (unpaired) electrons. The second kappa shape index (κ2) is 6.62. The van der Waals surface area contributed by atoms with Crippen molar-refractivity contribution in [2.45, 2.75) is 25.4 Å². The molecule has 1 heterocycles. The molecule has 1 aliphatic rings. The summed E-state index contributed by atoms with van der Waals surface area (Å²) in [5.74, 6) is 0. The van der Waals surface area contributed by atoms with Gasteiger partial charge in [-0.25, -0.2) is 4.79 Å². The normalized spacial score (nSPS) is 20.8. The first kappa shape index (κ1) is 11.3. The number of rotatable bonds is 5. The van der Waals surface area contributed by atoms with Crippen LogP contribution >= 0.6 is 0 Å². The second-order valence-corrected chi connectivity index (χ2v) is 3.21. The van der Waals surface area contributed by atoms with Crippen LogP contribution in [0.25, 0.3) is 0 Å². The van der Waals surface area contributed by atoms with E-state index in [0.717, 1.165) is 25.9 Å². The Morgan fingerprint density at radius 2 is 2.50 bits per heavy atom. The lowest BCUT2D eigenvalue weighted by molar-refractivity contribution is 0.0990. The van der Waals surface area contributed by atoms with Gasteiger partial charge in [0.2, 0.25) is 0 Å². The van der Waals surface area contributed by atoms with Crippen LogP contribution in [0.3, 0.4) is 0 Å². The van der Waals surface area contributed by atoms with Gasteiger partial charge in [-0.05, 0) is 19.3 Å². The van der Waals surface area contributed by atoms with Crippen LogP contribution in [0.4, 0.5) is 4.79 Å². The maximum absolute atomic E-state index is 10.9. The molecule has 1 fully saturated rings. The molecule has 1 aliphatic heterocycles. The van der Waals surface area contributed by atoms with Crippen molar-refractivity contribution in [1.29, 1.82) is 0 Å². The van der Waals surface area contributed by atoms with Crippen molar-refractivity contribution in [3.63, 3.8) is 0 Å². The number of nitrogens with one attached hydrogen (secondary N) is 1. The van der Waals surface area contributed by atoms with Crippen LogP contribution in [0.1, 0.15) is 19.3 Å². The third kappa shape index (κ3) is 4.43. The van der Waals surface area contributed by atoms with Gasteiger partial charge >= 0.3 is 6.09 Å². The van der Waals surface area contributed by atoms with Crippen molar-refractivity contribution in [3.8, 4) is 0 Å². The topological polar surface area (TPSA) is 67.8 Å². The van der Waals surface area contributed by atoms with E-state index in [1.54, 1.807) is 0 Å². The summed E-state index contributed by atoms with van der Waals surface area (Å²) in [6.45, 7) is 1.31. The molecular weight excluding hydrogens is 186 g/mol. The molecule has 0 aromatic rings. The molecule has 0 aliphatic carbocycles. The number of hydrogen-bond acceptors (Lipinski definition) is 4. The third-order valence-electron chi connectivity index (χ3n) is 2.08. The molecule has 1 rings (SSSR count). The standard InChI is InChI=1S/C9H17NO4/c11-5-7-14-9(12)10-4-3-8-2-1-6-13-8/h8,11H,1-7H2,(H,10,12). The van der Waals surface area contributed by atoms with E-state index >= 15 is 0 Å². The molecule has 1 saturated heterocycles. The number of carbonyl (C=O) groups excluding carboxylic acids is 1. The predicted molar refractivity (Wildman–Crippen MR) is 50.0 cm³/mol. The van der Waals surface area contributed by atoms with E-state index in [-0.39, 0.29) is 19.3 Å². The predicted octanol–water partition coefficient (Wildman–Crippen LogP) is 0.274. The van der Waals surface area contributed by atoms with Crippen molar-refractivity contribution < 1.29 is 19.4 Å². The quantitative estimate of drug-likeness (QED) is 0.673. The molecule has 5 nitrogen and oxygen atoms in total. The molecule has 1 unspecified atom stereocenters. The largest absolute Gasteiger partial charge is 0.447 e. The first-order chi connectivity index (χ1) is 6.83. The van der Waals surface area contributed by atoms with Gasteiger partial charge in [-0.15, -0.1) is 0 Å². The highest BCUT2D eigenvalue weighted by molar-refractivity contribution is 5.66. The molecular formula is C9H17NO4. The van der Waals surface area contributed by atoms with Gasteiger partial charge < -0.3 is 19.9 Å². The van der Waals surface area contributed by atoms with Gasteiger partial charge in [0.05, 0.1) is 12.7 Å². The van der Waals surface area contributed by atoms with E-state index in [4.69, 9.17) is 9.84 Å². The van der Waals surface area contributed by atoms with Crippen molar-refractivity contribution >= 4 is 6.09 Å². The highest BCUT2D eigenvalue weighted by Crippen LogP contribution is 2.14. The fourth-order valence-electron chi connectivity index (χ4n) is 1.40. The molecule has 82 valence electrons. The summed E-state index contributed by atoms with van der Waals surface area (Å²) < 4.78 is 10.00. The maximum Gasteiger partial charge on any atom is 0.407 e. The summed E-state index contributed by atoms with van der Waals surface area (Å²) in [7, 11) is 0. The zero-order valence-electron chi connectivity index (χ0n) is 8.20. The summed E-state index contributed by atoms with van der Waals surface area (Å²) in [6.07, 6.45) is 2.83. The van der Waals surface area contributed by atoms with Crippen LogP contribution in [0.5, 0.6) is 0 Å². The van der Waals surface area contributed by atoms with Gasteiger partial charge in [-0.1, -0.05) is 0 Å². The maximum atomic E-state index is 10.9. The van der Waals surface area contributed by atoms with Crippen molar-refractivity contribution in [1.82, 2.24) is 5.32 Å². The van der Waals surface area contributed by atoms with Gasteiger partial charge in [-0.3, -0.25) is 0 Å². The minimum atomic E-state index is -0.475. The van der Waals surface area contributed by atoms with Crippen LogP contribution in [0, 0.1) is 0 Å². The van der Waals surface area contributed by atoms with Crippen LogP contribution in [0.15, 0.2) is 0 Å². The van der Waals surface area contributed by atoms with E-state index in [1.165, 1.54) is 0 Å². The summed E-state index contributed by atoms with van der Waals surface area (Å²) >= 11 is 0. The first-order valence-electron chi connectivity index (χ1n) is 4.96. The average molecular weight is 203 g/mol. The number of aliphatic hydroxyl groups is 1. The van der Waals surface area contributed by atoms with Gasteiger partial charge in [0.25, 0.3) is 0 Å². The number of amides is 1. The smallest absolute Gasteiger partial charge is 0.407 e. The Morgan fingerprint density at radius 1 is 1.64 bits per heavy atom. The summed E-state index contributed by atoms with van der Waals surface area (Å²) in [6, 6.07) is 0. The molecule has 14 heavy (non-hydrogen) atoms. The van der Waals surface area contributed by atoms with Gasteiger partial charge in [0.15, 0.2) is 0 Å². The molecule has 0 bridgehead atoms. The van der Waals surface area contributed by atoms with Crippen LogP contribution in [-0.4, -0.2) is 43.7 Å². The first-order valence-corrected chi connectivity index (χ1v) is 4.96. The Labute approximate surface area is 83.4 Å². The number of alkyl carbamates (subject to hydrolysis) is 1. The number of aliphatic hydroxyl groups excluding tert-OH is 1. The molecule has 1 atom stereocenters. The molecule has 0 spiro atoms. The minimum Gasteiger partial charge on any atom is -0.447 e. The van der Waals surface area contributed by atoms with E-state index in [2.05, 4.69) is 10.1 Å². The fraction of sp³-hybridized carbons (Fsp3) is 0.889. The van der Waals surface area contributed by atoms with Crippen molar-refractivity contribution in [2.24, 2.45) is 0 Å². The zero-order valence-corrected chi connectivity index (χ0v) is 8.20. The Kier molecular flexibility index (Phi) is 5.32. The summed E-state index contributed by atoms with van der Waals surface area (Å²) in [5.41, 5.74) is 0. The zero-order chi connectivity index (χ0) is 10.2. The van der Waals surface area contributed by atoms with Gasteiger partial charge in [0, 0.05) is 13.2 Å². The summed E-state index contributed by atoms with van der Waals surface area (Å²) in [4.78, 5) is 10.9. The lowest BCUT2D eigenvalue weighted by atomic mass is 10.2. The monoisotopic (exact) mass is 203 g/mol. The van der Waals surface area contributed by atoms with Gasteiger partial charge in [-0.2, -0.15) is 0 Å². The molecule has 0 aromatic carbocycles. The SMILES string of the molecule is O=C(NCCC1CCCO1)OCCO. The molecule has 1 amide bonds. The average Bonchev–Trinajstić information content (AvgIpc) is 2.67. The van der Waals surface area contributed by atoms with Crippen molar-refractivity contribution in [3.05, 3.63) is 0 Å². The van der Waals surface area contributed by atoms with Crippen LogP contribution < -0.4 is 5.32 Å². The van der Waals surface area contributed by atoms with Crippen LogP contribution in [0.2, 0.25) is 0 Å². The Balaban J connectivity index is 1.94. The van der Waals surface area contributed by atoms with E-state index in [9.17, 15) is 4.79 Å². The lowest BCUT2D eigenvalue weighted by Crippen LogP contribution is -2.28. The Morgan fingerprint density at radius 3 is 3.14 bits per heavy atom. The molecule has 0 saturated carbocycles. The molecule has 5 heteroatoms.